The molecule has 4 nitrogen and oxygen atoms in total. The third kappa shape index (κ3) is 4.11. The summed E-state index contributed by atoms with van der Waals surface area (Å²) in [6.07, 6.45) is 1.93. The van der Waals surface area contributed by atoms with Crippen molar-refractivity contribution >= 4 is 0 Å². The summed E-state index contributed by atoms with van der Waals surface area (Å²) in [4.78, 5) is 2.09. The monoisotopic (exact) mass is 334 g/mol. The van der Waals surface area contributed by atoms with Crippen LogP contribution in [-0.4, -0.2) is 21.2 Å². The van der Waals surface area contributed by atoms with Gasteiger partial charge in [0.25, 0.3) is 0 Å². The molecule has 0 bridgehead atoms. The first-order chi connectivity index (χ1) is 12.2. The number of benzene rings is 2. The maximum Gasteiger partial charge on any atom is 0.129 e. The van der Waals surface area contributed by atoms with Crippen LogP contribution in [0.15, 0.2) is 60.8 Å². The van der Waals surface area contributed by atoms with Crippen LogP contribution in [0.2, 0.25) is 0 Å². The Morgan fingerprint density at radius 1 is 1.16 bits per heavy atom. The maximum atomic E-state index is 14.1. The van der Waals surface area contributed by atoms with Gasteiger partial charge >= 0.3 is 0 Å². The molecule has 0 unspecified atom stereocenters. The Balaban J connectivity index is 1.71. The standard InChI is InChI=1S/C20H19FN4/c1-2-24(14-18-9-8-16(13-22)12-19(18)21)15-25-11-10-20(23-25)17-6-4-3-5-7-17/h3-12H,2,14-15H2,1H3. The van der Waals surface area contributed by atoms with Gasteiger partial charge in [-0.05, 0) is 24.7 Å². The normalized spacial score (nSPS) is 10.8. The molecule has 0 spiro atoms. The van der Waals surface area contributed by atoms with E-state index in [4.69, 9.17) is 5.26 Å². The SMILES string of the molecule is CCN(Cc1ccc(C#N)cc1F)Cn1ccc(-c2ccccc2)n1. The van der Waals surface area contributed by atoms with E-state index in [9.17, 15) is 4.39 Å². The number of halogens is 1. The molecule has 5 heteroatoms. The van der Waals surface area contributed by atoms with Crippen LogP contribution in [0.5, 0.6) is 0 Å². The Bertz CT molecular complexity index is 880. The molecular formula is C20H19FN4. The Morgan fingerprint density at radius 2 is 1.96 bits per heavy atom. The highest BCUT2D eigenvalue weighted by Gasteiger charge is 2.10. The summed E-state index contributed by atoms with van der Waals surface area (Å²) in [7, 11) is 0. The average Bonchev–Trinajstić information content (AvgIpc) is 3.12. The number of aromatic nitrogens is 2. The molecule has 0 saturated carbocycles. The van der Waals surface area contributed by atoms with Crippen molar-refractivity contribution in [3.05, 3.63) is 77.7 Å². The van der Waals surface area contributed by atoms with Crippen LogP contribution < -0.4 is 0 Å². The van der Waals surface area contributed by atoms with Crippen LogP contribution in [-0.2, 0) is 13.2 Å². The van der Waals surface area contributed by atoms with Crippen molar-refractivity contribution in [2.75, 3.05) is 6.54 Å². The molecule has 0 aliphatic rings. The van der Waals surface area contributed by atoms with Gasteiger partial charge in [0.15, 0.2) is 0 Å². The summed E-state index contributed by atoms with van der Waals surface area (Å²) < 4.78 is 16.0. The van der Waals surface area contributed by atoms with Gasteiger partial charge in [0.05, 0.1) is 24.0 Å². The zero-order valence-electron chi connectivity index (χ0n) is 14.1. The molecule has 1 heterocycles. The third-order valence-electron chi connectivity index (χ3n) is 4.08. The lowest BCUT2D eigenvalue weighted by molar-refractivity contribution is 0.207. The van der Waals surface area contributed by atoms with E-state index >= 15 is 0 Å². The van der Waals surface area contributed by atoms with Crippen LogP contribution in [0.3, 0.4) is 0 Å². The molecule has 0 radical (unpaired) electrons. The third-order valence-corrected chi connectivity index (χ3v) is 4.08. The lowest BCUT2D eigenvalue weighted by atomic mass is 10.1. The van der Waals surface area contributed by atoms with E-state index in [1.54, 1.807) is 12.1 Å². The fraction of sp³-hybridized carbons (Fsp3) is 0.200. The van der Waals surface area contributed by atoms with Crippen LogP contribution in [0, 0.1) is 17.1 Å². The van der Waals surface area contributed by atoms with Gasteiger partial charge in [-0.25, -0.2) is 4.39 Å². The molecule has 2 aromatic carbocycles. The van der Waals surface area contributed by atoms with Crippen molar-refractivity contribution in [2.24, 2.45) is 0 Å². The summed E-state index contributed by atoms with van der Waals surface area (Å²) in [6, 6.07) is 18.5. The number of hydrogen-bond donors (Lipinski definition) is 0. The number of nitrogens with zero attached hydrogens (tertiary/aromatic N) is 4. The smallest absolute Gasteiger partial charge is 0.129 e. The second-order valence-electron chi connectivity index (χ2n) is 5.81. The minimum atomic E-state index is -0.345. The molecule has 0 saturated heterocycles. The maximum absolute atomic E-state index is 14.1. The summed E-state index contributed by atoms with van der Waals surface area (Å²) >= 11 is 0. The first-order valence-electron chi connectivity index (χ1n) is 8.19. The van der Waals surface area contributed by atoms with E-state index < -0.39 is 0 Å². The van der Waals surface area contributed by atoms with Crippen LogP contribution in [0.4, 0.5) is 4.39 Å². The predicted octanol–water partition coefficient (Wildman–Crippen LogP) is 4.04. The Kier molecular flexibility index (Phi) is 5.22. The highest BCUT2D eigenvalue weighted by molar-refractivity contribution is 5.57. The van der Waals surface area contributed by atoms with Gasteiger partial charge in [0.1, 0.15) is 5.82 Å². The van der Waals surface area contributed by atoms with Crippen molar-refractivity contribution < 1.29 is 4.39 Å². The Labute approximate surface area is 146 Å². The van der Waals surface area contributed by atoms with Gasteiger partial charge < -0.3 is 0 Å². The lowest BCUT2D eigenvalue weighted by Crippen LogP contribution is -2.26. The van der Waals surface area contributed by atoms with E-state index in [0.717, 1.165) is 17.8 Å². The lowest BCUT2D eigenvalue weighted by Gasteiger charge is -2.20. The summed E-state index contributed by atoms with van der Waals surface area (Å²) in [6.45, 7) is 3.83. The Hall–Kier alpha value is -2.97. The predicted molar refractivity (Wildman–Crippen MR) is 94.9 cm³/mol. The largest absolute Gasteiger partial charge is 0.280 e. The number of rotatable bonds is 6. The summed E-state index contributed by atoms with van der Waals surface area (Å²) in [5.74, 6) is -0.345. The minimum Gasteiger partial charge on any atom is -0.280 e. The van der Waals surface area contributed by atoms with E-state index in [-0.39, 0.29) is 5.82 Å². The van der Waals surface area contributed by atoms with Crippen molar-refractivity contribution in [1.82, 2.24) is 14.7 Å². The molecule has 0 aliphatic heterocycles. The van der Waals surface area contributed by atoms with Crippen molar-refractivity contribution in [3.8, 4) is 17.3 Å². The quantitative estimate of drug-likeness (QED) is 0.683. The summed E-state index contributed by atoms with van der Waals surface area (Å²) in [5.41, 5.74) is 2.91. The molecule has 0 N–H and O–H groups in total. The second-order valence-corrected chi connectivity index (χ2v) is 5.81. The average molecular weight is 334 g/mol. The van der Waals surface area contributed by atoms with Crippen LogP contribution >= 0.6 is 0 Å². The van der Waals surface area contributed by atoms with Gasteiger partial charge in [-0.2, -0.15) is 10.4 Å². The van der Waals surface area contributed by atoms with E-state index in [1.165, 1.54) is 6.07 Å². The van der Waals surface area contributed by atoms with Crippen LogP contribution in [0.1, 0.15) is 18.1 Å². The topological polar surface area (TPSA) is 44.9 Å². The fourth-order valence-electron chi connectivity index (χ4n) is 2.66. The second kappa shape index (κ2) is 7.73. The zero-order chi connectivity index (χ0) is 17.6. The minimum absolute atomic E-state index is 0.337. The fourth-order valence-corrected chi connectivity index (χ4v) is 2.66. The highest BCUT2D eigenvalue weighted by Crippen LogP contribution is 2.17. The molecule has 25 heavy (non-hydrogen) atoms. The van der Waals surface area contributed by atoms with Gasteiger partial charge in [0, 0.05) is 23.9 Å². The van der Waals surface area contributed by atoms with Crippen molar-refractivity contribution in [2.45, 2.75) is 20.1 Å². The van der Waals surface area contributed by atoms with Gasteiger partial charge in [-0.15, -0.1) is 0 Å². The first-order valence-corrected chi connectivity index (χ1v) is 8.19. The molecule has 0 fully saturated rings. The first kappa shape index (κ1) is 16.9. The molecular weight excluding hydrogens is 315 g/mol. The van der Waals surface area contributed by atoms with Crippen molar-refractivity contribution in [1.29, 1.82) is 5.26 Å². The zero-order valence-corrected chi connectivity index (χ0v) is 14.1. The van der Waals surface area contributed by atoms with Gasteiger partial charge in [0.2, 0.25) is 0 Å². The Morgan fingerprint density at radius 3 is 2.64 bits per heavy atom. The molecule has 0 amide bonds. The van der Waals surface area contributed by atoms with E-state index in [2.05, 4.69) is 10.00 Å². The number of nitriles is 1. The molecule has 0 aliphatic carbocycles. The van der Waals surface area contributed by atoms with Crippen molar-refractivity contribution in [3.63, 3.8) is 0 Å². The summed E-state index contributed by atoms with van der Waals surface area (Å²) in [5, 5.41) is 13.4. The van der Waals surface area contributed by atoms with E-state index in [0.29, 0.717) is 24.3 Å². The van der Waals surface area contributed by atoms with Crippen LogP contribution in [0.25, 0.3) is 11.3 Å². The highest BCUT2D eigenvalue weighted by atomic mass is 19.1. The molecule has 0 atom stereocenters. The van der Waals surface area contributed by atoms with Gasteiger partial charge in [-0.1, -0.05) is 43.3 Å². The molecule has 126 valence electrons. The molecule has 3 aromatic rings. The molecule has 3 rings (SSSR count). The van der Waals surface area contributed by atoms with E-state index in [1.807, 2.05) is 60.3 Å². The number of hydrogen-bond acceptors (Lipinski definition) is 3. The molecule has 1 aromatic heterocycles. The van der Waals surface area contributed by atoms with Gasteiger partial charge in [-0.3, -0.25) is 9.58 Å².